The largest absolute Gasteiger partial charge is 0.480 e. The molecule has 1 aliphatic rings. The molecule has 0 N–H and O–H groups in total. The number of aromatic nitrogens is 2. The Bertz CT molecular complexity index is 630. The highest BCUT2D eigenvalue weighted by molar-refractivity contribution is 5.81. The number of hydrogen-bond donors (Lipinski definition) is 0. The molecule has 0 spiro atoms. The average molecular weight is 283 g/mol. The highest BCUT2D eigenvalue weighted by atomic mass is 16.5. The molecule has 21 heavy (non-hydrogen) atoms. The van der Waals surface area contributed by atoms with Crippen LogP contribution >= 0.6 is 0 Å². The Hall–Kier alpha value is -2.43. The van der Waals surface area contributed by atoms with Crippen LogP contribution in [0.3, 0.4) is 0 Å². The molecule has 3 rings (SSSR count). The monoisotopic (exact) mass is 283 g/mol. The van der Waals surface area contributed by atoms with E-state index in [9.17, 15) is 4.79 Å². The molecule has 0 saturated heterocycles. The van der Waals surface area contributed by atoms with Gasteiger partial charge in [0.25, 0.3) is 5.91 Å². The summed E-state index contributed by atoms with van der Waals surface area (Å²) >= 11 is 0. The van der Waals surface area contributed by atoms with Gasteiger partial charge in [-0.2, -0.15) is 0 Å². The first-order valence-electron chi connectivity index (χ1n) is 6.98. The van der Waals surface area contributed by atoms with E-state index < -0.39 is 6.10 Å². The van der Waals surface area contributed by atoms with Gasteiger partial charge in [-0.1, -0.05) is 18.2 Å². The summed E-state index contributed by atoms with van der Waals surface area (Å²) in [5, 5.41) is 0. The lowest BCUT2D eigenvalue weighted by molar-refractivity contribution is -0.138. The summed E-state index contributed by atoms with van der Waals surface area (Å²) in [5.74, 6) is 0.796. The maximum Gasteiger partial charge on any atom is 0.263 e. The molecule has 0 aliphatic carbocycles. The molecular weight excluding hydrogens is 266 g/mol. The van der Waals surface area contributed by atoms with Gasteiger partial charge in [-0.05, 0) is 24.5 Å². The lowest BCUT2D eigenvalue weighted by Crippen LogP contribution is -2.41. The predicted molar refractivity (Wildman–Crippen MR) is 77.7 cm³/mol. The second-order valence-corrected chi connectivity index (χ2v) is 5.14. The van der Waals surface area contributed by atoms with Gasteiger partial charge in [0.1, 0.15) is 5.75 Å². The van der Waals surface area contributed by atoms with Crippen molar-refractivity contribution in [1.82, 2.24) is 14.9 Å². The van der Waals surface area contributed by atoms with Crippen LogP contribution in [-0.2, 0) is 17.8 Å². The van der Waals surface area contributed by atoms with Crippen molar-refractivity contribution in [3.05, 3.63) is 54.1 Å². The van der Waals surface area contributed by atoms with Gasteiger partial charge in [0.15, 0.2) is 6.10 Å². The Labute approximate surface area is 123 Å². The Kier molecular flexibility index (Phi) is 3.81. The third-order valence-corrected chi connectivity index (χ3v) is 3.59. The number of carbonyl (C=O) groups excluding carboxylic acids is 1. The normalized spacial score (nSPS) is 16.7. The van der Waals surface area contributed by atoms with Gasteiger partial charge < -0.3 is 9.64 Å². The van der Waals surface area contributed by atoms with Gasteiger partial charge in [-0.3, -0.25) is 14.8 Å². The summed E-state index contributed by atoms with van der Waals surface area (Å²) in [6.07, 6.45) is 6.07. The molecule has 5 nitrogen and oxygen atoms in total. The van der Waals surface area contributed by atoms with Crippen LogP contribution in [0.15, 0.2) is 42.9 Å². The molecule has 0 unspecified atom stereocenters. The van der Waals surface area contributed by atoms with Crippen molar-refractivity contribution in [2.24, 2.45) is 0 Å². The van der Waals surface area contributed by atoms with Crippen LogP contribution in [-0.4, -0.2) is 33.9 Å². The van der Waals surface area contributed by atoms with Gasteiger partial charge in [0.2, 0.25) is 0 Å². The summed E-state index contributed by atoms with van der Waals surface area (Å²) in [6.45, 7) is 0.439. The standard InChI is InChI=1S/C16H17N3O2/c1-19(11-13-10-17-8-9-18-13)16(20)15-7-6-12-4-2-3-5-14(12)21-15/h2-5,8-10,15H,6-7,11H2,1H3/t15-/m0/s1. The number of fused-ring (bicyclic) bond motifs is 1. The van der Waals surface area contributed by atoms with Crippen LogP contribution < -0.4 is 4.74 Å². The van der Waals surface area contributed by atoms with Crippen molar-refractivity contribution in [1.29, 1.82) is 0 Å². The van der Waals surface area contributed by atoms with Gasteiger partial charge >= 0.3 is 0 Å². The van der Waals surface area contributed by atoms with Crippen molar-refractivity contribution < 1.29 is 9.53 Å². The van der Waals surface area contributed by atoms with E-state index in [1.54, 1.807) is 30.5 Å². The maximum atomic E-state index is 12.5. The minimum absolute atomic E-state index is 0.0184. The van der Waals surface area contributed by atoms with Crippen LogP contribution in [0.4, 0.5) is 0 Å². The molecule has 2 heterocycles. The number of amides is 1. The quantitative estimate of drug-likeness (QED) is 0.862. The second kappa shape index (κ2) is 5.91. The zero-order valence-electron chi connectivity index (χ0n) is 11.9. The number of hydrogen-bond acceptors (Lipinski definition) is 4. The zero-order valence-corrected chi connectivity index (χ0v) is 11.9. The smallest absolute Gasteiger partial charge is 0.263 e. The molecule has 1 aliphatic heterocycles. The van der Waals surface area contributed by atoms with Crippen LogP contribution in [0.2, 0.25) is 0 Å². The first-order chi connectivity index (χ1) is 10.2. The number of rotatable bonds is 3. The average Bonchev–Trinajstić information content (AvgIpc) is 2.54. The maximum absolute atomic E-state index is 12.5. The van der Waals surface area contributed by atoms with E-state index in [-0.39, 0.29) is 5.91 Å². The summed E-state index contributed by atoms with van der Waals surface area (Å²) in [6, 6.07) is 7.87. The SMILES string of the molecule is CN(Cc1cnccn1)C(=O)[C@@H]1CCc2ccccc2O1. The number of benzene rings is 1. The molecule has 2 aromatic rings. The Morgan fingerprint density at radius 3 is 3.05 bits per heavy atom. The number of nitrogens with zero attached hydrogens (tertiary/aromatic N) is 3. The molecule has 0 radical (unpaired) electrons. The highest BCUT2D eigenvalue weighted by Gasteiger charge is 2.28. The van der Waals surface area contributed by atoms with E-state index in [0.717, 1.165) is 23.4 Å². The van der Waals surface area contributed by atoms with E-state index in [1.807, 2.05) is 24.3 Å². The fourth-order valence-corrected chi connectivity index (χ4v) is 2.48. The summed E-state index contributed by atoms with van der Waals surface area (Å²) in [7, 11) is 1.76. The molecule has 0 fully saturated rings. The molecule has 108 valence electrons. The molecule has 0 bridgehead atoms. The fourth-order valence-electron chi connectivity index (χ4n) is 2.48. The van der Waals surface area contributed by atoms with E-state index in [2.05, 4.69) is 9.97 Å². The topological polar surface area (TPSA) is 55.3 Å². The van der Waals surface area contributed by atoms with Crippen molar-refractivity contribution in [2.45, 2.75) is 25.5 Å². The van der Waals surface area contributed by atoms with Gasteiger partial charge in [0.05, 0.1) is 18.4 Å². The Morgan fingerprint density at radius 1 is 1.38 bits per heavy atom. The lowest BCUT2D eigenvalue weighted by Gasteiger charge is -2.28. The minimum Gasteiger partial charge on any atom is -0.480 e. The van der Waals surface area contributed by atoms with Crippen LogP contribution in [0.1, 0.15) is 17.7 Å². The molecule has 1 atom stereocenters. The molecule has 0 saturated carbocycles. The molecular formula is C16H17N3O2. The Morgan fingerprint density at radius 2 is 2.24 bits per heavy atom. The summed E-state index contributed by atoms with van der Waals surface area (Å²) in [4.78, 5) is 22.3. The van der Waals surface area contributed by atoms with Gasteiger partial charge in [-0.25, -0.2) is 0 Å². The summed E-state index contributed by atoms with van der Waals surface area (Å²) in [5.41, 5.74) is 1.93. The van der Waals surface area contributed by atoms with E-state index >= 15 is 0 Å². The second-order valence-electron chi connectivity index (χ2n) is 5.14. The Balaban J connectivity index is 1.66. The molecule has 5 heteroatoms. The number of carbonyl (C=O) groups is 1. The third kappa shape index (κ3) is 3.02. The van der Waals surface area contributed by atoms with Crippen molar-refractivity contribution in [3.63, 3.8) is 0 Å². The van der Waals surface area contributed by atoms with E-state index in [1.165, 1.54) is 0 Å². The first-order valence-corrected chi connectivity index (χ1v) is 6.98. The van der Waals surface area contributed by atoms with Crippen molar-refractivity contribution in [3.8, 4) is 5.75 Å². The van der Waals surface area contributed by atoms with E-state index in [4.69, 9.17) is 4.74 Å². The highest BCUT2D eigenvalue weighted by Crippen LogP contribution is 2.27. The van der Waals surface area contributed by atoms with E-state index in [0.29, 0.717) is 13.0 Å². The van der Waals surface area contributed by atoms with Crippen LogP contribution in [0.25, 0.3) is 0 Å². The number of likely N-dealkylation sites (N-methyl/N-ethyl adjacent to an activating group) is 1. The third-order valence-electron chi connectivity index (χ3n) is 3.59. The minimum atomic E-state index is -0.415. The molecule has 1 aromatic heterocycles. The lowest BCUT2D eigenvalue weighted by atomic mass is 10.0. The van der Waals surface area contributed by atoms with Crippen LogP contribution in [0, 0.1) is 0 Å². The number of ether oxygens (including phenoxy) is 1. The zero-order chi connectivity index (χ0) is 14.7. The molecule has 1 aromatic carbocycles. The number of aryl methyl sites for hydroxylation is 1. The first kappa shape index (κ1) is 13.5. The van der Waals surface area contributed by atoms with Crippen molar-refractivity contribution in [2.75, 3.05) is 7.05 Å². The van der Waals surface area contributed by atoms with Crippen LogP contribution in [0.5, 0.6) is 5.75 Å². The molecule has 1 amide bonds. The van der Waals surface area contributed by atoms with Crippen molar-refractivity contribution >= 4 is 5.91 Å². The van der Waals surface area contributed by atoms with Gasteiger partial charge in [0, 0.05) is 19.4 Å². The predicted octanol–water partition coefficient (Wildman–Crippen LogP) is 1.83. The fraction of sp³-hybridized carbons (Fsp3) is 0.312. The number of para-hydroxylation sites is 1. The summed E-state index contributed by atoms with van der Waals surface area (Å²) < 4.78 is 5.83. The van der Waals surface area contributed by atoms with Gasteiger partial charge in [-0.15, -0.1) is 0 Å².